The molecule has 0 aliphatic carbocycles. The molecule has 2 aromatic rings. The molecule has 0 saturated heterocycles. The molecule has 0 fully saturated rings. The Labute approximate surface area is 136 Å². The van der Waals surface area contributed by atoms with Crippen LogP contribution in [0, 0.1) is 0 Å². The molecule has 24 heavy (non-hydrogen) atoms. The lowest BCUT2D eigenvalue weighted by molar-refractivity contribution is -0.274. The van der Waals surface area contributed by atoms with Gasteiger partial charge >= 0.3 is 12.3 Å². The Morgan fingerprint density at radius 2 is 1.83 bits per heavy atom. The molecule has 0 bridgehead atoms. The Balaban J connectivity index is 2.47. The Morgan fingerprint density at radius 1 is 1.08 bits per heavy atom. The molecule has 0 radical (unpaired) electrons. The highest BCUT2D eigenvalue weighted by Gasteiger charge is 2.31. The van der Waals surface area contributed by atoms with Crippen molar-refractivity contribution in [1.29, 1.82) is 0 Å². The highest BCUT2D eigenvalue weighted by Crippen LogP contribution is 2.32. The summed E-state index contributed by atoms with van der Waals surface area (Å²) in [7, 11) is 1.45. The summed E-state index contributed by atoms with van der Waals surface area (Å²) in [6, 6.07) is 10.0. The lowest BCUT2D eigenvalue weighted by atomic mass is 9.99. The number of rotatable bonds is 5. The number of esters is 1. The molecule has 4 nitrogen and oxygen atoms in total. The predicted molar refractivity (Wildman–Crippen MR) is 81.1 cm³/mol. The summed E-state index contributed by atoms with van der Waals surface area (Å²) < 4.78 is 51.1. The van der Waals surface area contributed by atoms with Crippen LogP contribution in [-0.4, -0.2) is 26.0 Å². The van der Waals surface area contributed by atoms with Gasteiger partial charge in [-0.2, -0.15) is 0 Å². The van der Waals surface area contributed by atoms with E-state index >= 15 is 0 Å². The Hall–Kier alpha value is -2.70. The maximum atomic E-state index is 12.4. The van der Waals surface area contributed by atoms with Gasteiger partial charge in [-0.05, 0) is 48.4 Å². The fraction of sp³-hybridized carbons (Fsp3) is 0.235. The first-order valence-corrected chi connectivity index (χ1v) is 7.05. The molecule has 0 saturated carbocycles. The number of hydrogen-bond donors (Lipinski definition) is 0. The second kappa shape index (κ2) is 7.25. The number of halogens is 3. The van der Waals surface area contributed by atoms with Crippen molar-refractivity contribution in [1.82, 2.24) is 0 Å². The molecule has 128 valence electrons. The van der Waals surface area contributed by atoms with Crippen molar-refractivity contribution in [3.05, 3.63) is 48.0 Å². The van der Waals surface area contributed by atoms with E-state index in [1.54, 1.807) is 25.1 Å². The zero-order chi connectivity index (χ0) is 17.7. The molecule has 2 rings (SSSR count). The largest absolute Gasteiger partial charge is 0.573 e. The van der Waals surface area contributed by atoms with Crippen LogP contribution >= 0.6 is 0 Å². The van der Waals surface area contributed by atoms with Gasteiger partial charge in [-0.15, -0.1) is 13.2 Å². The molecule has 0 unspecified atom stereocenters. The van der Waals surface area contributed by atoms with Gasteiger partial charge in [0.15, 0.2) is 0 Å². The highest BCUT2D eigenvalue weighted by molar-refractivity contribution is 5.98. The quantitative estimate of drug-likeness (QED) is 0.755. The fourth-order valence-electron chi connectivity index (χ4n) is 2.14. The lowest BCUT2D eigenvalue weighted by Crippen LogP contribution is -2.17. The number of carbonyl (C=O) groups is 1. The van der Waals surface area contributed by atoms with Crippen LogP contribution in [0.1, 0.15) is 17.3 Å². The van der Waals surface area contributed by atoms with Crippen LogP contribution in [0.5, 0.6) is 11.5 Å². The van der Waals surface area contributed by atoms with E-state index in [-0.39, 0.29) is 17.9 Å². The molecule has 0 aliphatic rings. The molecule has 2 aromatic carbocycles. The Morgan fingerprint density at radius 3 is 2.46 bits per heavy atom. The van der Waals surface area contributed by atoms with Gasteiger partial charge in [-0.1, -0.05) is 12.1 Å². The van der Waals surface area contributed by atoms with Crippen LogP contribution in [0.25, 0.3) is 11.1 Å². The van der Waals surface area contributed by atoms with Crippen molar-refractivity contribution < 1.29 is 32.2 Å². The molecule has 0 aromatic heterocycles. The summed E-state index contributed by atoms with van der Waals surface area (Å²) in [4.78, 5) is 12.1. The molecular weight excluding hydrogens is 325 g/mol. The van der Waals surface area contributed by atoms with E-state index in [1.165, 1.54) is 31.4 Å². The van der Waals surface area contributed by atoms with E-state index in [0.717, 1.165) is 0 Å². The van der Waals surface area contributed by atoms with Crippen LogP contribution < -0.4 is 9.47 Å². The fourth-order valence-corrected chi connectivity index (χ4v) is 2.14. The summed E-state index contributed by atoms with van der Waals surface area (Å²) in [5.74, 6) is -0.524. The molecule has 7 heteroatoms. The Bertz CT molecular complexity index is 726. The van der Waals surface area contributed by atoms with Crippen molar-refractivity contribution in [2.24, 2.45) is 0 Å². The van der Waals surface area contributed by atoms with Crippen molar-refractivity contribution in [2.75, 3.05) is 13.7 Å². The van der Waals surface area contributed by atoms with Gasteiger partial charge in [0, 0.05) is 0 Å². The first-order chi connectivity index (χ1) is 11.3. The van der Waals surface area contributed by atoms with E-state index in [9.17, 15) is 18.0 Å². The second-order valence-corrected chi connectivity index (χ2v) is 4.71. The van der Waals surface area contributed by atoms with E-state index in [4.69, 9.17) is 9.47 Å². The molecule has 0 aliphatic heterocycles. The van der Waals surface area contributed by atoms with Gasteiger partial charge in [0.25, 0.3) is 0 Å². The zero-order valence-electron chi connectivity index (χ0n) is 13.0. The first kappa shape index (κ1) is 17.7. The third-order valence-corrected chi connectivity index (χ3v) is 3.10. The summed E-state index contributed by atoms with van der Waals surface area (Å²) in [6.07, 6.45) is -4.79. The van der Waals surface area contributed by atoms with Gasteiger partial charge in [0.05, 0.1) is 19.3 Å². The smallest absolute Gasteiger partial charge is 0.497 e. The monoisotopic (exact) mass is 340 g/mol. The minimum atomic E-state index is -4.79. The maximum Gasteiger partial charge on any atom is 0.573 e. The Kier molecular flexibility index (Phi) is 5.33. The number of benzene rings is 2. The van der Waals surface area contributed by atoms with Crippen LogP contribution in [0.15, 0.2) is 42.5 Å². The van der Waals surface area contributed by atoms with Gasteiger partial charge in [-0.3, -0.25) is 0 Å². The predicted octanol–water partition coefficient (Wildman–Crippen LogP) is 4.44. The van der Waals surface area contributed by atoms with Gasteiger partial charge in [0.1, 0.15) is 11.5 Å². The average molecular weight is 340 g/mol. The first-order valence-electron chi connectivity index (χ1n) is 7.05. The number of alkyl halides is 3. The minimum absolute atomic E-state index is 0.173. The van der Waals surface area contributed by atoms with Crippen LogP contribution in [-0.2, 0) is 4.74 Å². The summed E-state index contributed by atoms with van der Waals surface area (Å²) in [5.41, 5.74) is 1.00. The molecule has 0 amide bonds. The SMILES string of the molecule is CCOC(=O)c1cc(OC)ccc1-c1cccc(OC(F)(F)F)c1. The zero-order valence-corrected chi connectivity index (χ0v) is 13.0. The van der Waals surface area contributed by atoms with Gasteiger partial charge in [-0.25, -0.2) is 4.79 Å². The summed E-state index contributed by atoms with van der Waals surface area (Å²) in [5, 5.41) is 0. The van der Waals surface area contributed by atoms with E-state index < -0.39 is 12.3 Å². The molecule has 0 N–H and O–H groups in total. The number of carbonyl (C=O) groups excluding carboxylic acids is 1. The standard InChI is InChI=1S/C17H15F3O4/c1-3-23-16(21)15-10-12(22-2)7-8-14(15)11-5-4-6-13(9-11)24-17(18,19)20/h4-10H,3H2,1-2H3. The average Bonchev–Trinajstić information content (AvgIpc) is 2.53. The minimum Gasteiger partial charge on any atom is -0.497 e. The molecule has 0 heterocycles. The van der Waals surface area contributed by atoms with Crippen LogP contribution in [0.2, 0.25) is 0 Å². The van der Waals surface area contributed by atoms with Crippen LogP contribution in [0.4, 0.5) is 13.2 Å². The highest BCUT2D eigenvalue weighted by atomic mass is 19.4. The third kappa shape index (κ3) is 4.41. The lowest BCUT2D eigenvalue weighted by Gasteiger charge is -2.13. The number of ether oxygens (including phenoxy) is 3. The summed E-state index contributed by atoms with van der Waals surface area (Å²) in [6.45, 7) is 1.84. The second-order valence-electron chi connectivity index (χ2n) is 4.71. The van der Waals surface area contributed by atoms with Crippen molar-refractivity contribution in [3.63, 3.8) is 0 Å². The third-order valence-electron chi connectivity index (χ3n) is 3.10. The molecule has 0 atom stereocenters. The van der Waals surface area contributed by atoms with E-state index in [2.05, 4.69) is 4.74 Å². The molecular formula is C17H15F3O4. The summed E-state index contributed by atoms with van der Waals surface area (Å²) >= 11 is 0. The molecule has 0 spiro atoms. The van der Waals surface area contributed by atoms with Crippen molar-refractivity contribution in [2.45, 2.75) is 13.3 Å². The number of hydrogen-bond acceptors (Lipinski definition) is 4. The van der Waals surface area contributed by atoms with Crippen LogP contribution in [0.3, 0.4) is 0 Å². The van der Waals surface area contributed by atoms with Crippen molar-refractivity contribution >= 4 is 5.97 Å². The van der Waals surface area contributed by atoms with E-state index in [0.29, 0.717) is 16.9 Å². The van der Waals surface area contributed by atoms with E-state index in [1.807, 2.05) is 0 Å². The van der Waals surface area contributed by atoms with Gasteiger partial charge in [0.2, 0.25) is 0 Å². The topological polar surface area (TPSA) is 44.8 Å². The maximum absolute atomic E-state index is 12.4. The normalized spacial score (nSPS) is 11.0. The van der Waals surface area contributed by atoms with Gasteiger partial charge < -0.3 is 14.2 Å². The number of methoxy groups -OCH3 is 1. The van der Waals surface area contributed by atoms with Crippen molar-refractivity contribution in [3.8, 4) is 22.6 Å².